The number of rotatable bonds is 3. The Morgan fingerprint density at radius 2 is 2.20 bits per heavy atom. The van der Waals surface area contributed by atoms with Crippen LogP contribution in [0.15, 0.2) is 18.2 Å². The summed E-state index contributed by atoms with van der Waals surface area (Å²) in [6.07, 6.45) is 4.74. The second-order valence-electron chi connectivity index (χ2n) is 5.93. The fourth-order valence-electron chi connectivity index (χ4n) is 3.59. The maximum atomic E-state index is 11.2. The van der Waals surface area contributed by atoms with E-state index in [4.69, 9.17) is 0 Å². The molecule has 5 heteroatoms. The van der Waals surface area contributed by atoms with Gasteiger partial charge in [-0.1, -0.05) is 12.1 Å². The van der Waals surface area contributed by atoms with Crippen LogP contribution in [0.3, 0.4) is 0 Å². The number of benzene rings is 1. The summed E-state index contributed by atoms with van der Waals surface area (Å²) in [5, 5.41) is 14.6. The van der Waals surface area contributed by atoms with Crippen LogP contribution in [0, 0.1) is 17.0 Å². The minimum absolute atomic E-state index is 0.223. The average molecular weight is 275 g/mol. The zero-order valence-electron chi connectivity index (χ0n) is 11.8. The van der Waals surface area contributed by atoms with Crippen LogP contribution in [0.1, 0.15) is 31.2 Å². The molecule has 20 heavy (non-hydrogen) atoms. The number of piperidine rings is 1. The van der Waals surface area contributed by atoms with E-state index >= 15 is 0 Å². The van der Waals surface area contributed by atoms with Gasteiger partial charge in [-0.25, -0.2) is 0 Å². The molecule has 0 aromatic heterocycles. The molecule has 2 unspecified atom stereocenters. The molecule has 0 aliphatic carbocycles. The monoisotopic (exact) mass is 275 g/mol. The molecule has 0 saturated carbocycles. The van der Waals surface area contributed by atoms with E-state index in [0.717, 1.165) is 24.9 Å². The van der Waals surface area contributed by atoms with E-state index in [1.54, 1.807) is 13.0 Å². The highest BCUT2D eigenvalue weighted by Crippen LogP contribution is 2.32. The van der Waals surface area contributed by atoms with Crippen LogP contribution in [-0.2, 0) is 0 Å². The summed E-state index contributed by atoms with van der Waals surface area (Å²) >= 11 is 0. The Kier molecular flexibility index (Phi) is 3.61. The maximum Gasteiger partial charge on any atom is 0.295 e. The van der Waals surface area contributed by atoms with Crippen molar-refractivity contribution in [1.82, 2.24) is 4.90 Å². The first kappa shape index (κ1) is 13.4. The first-order valence-corrected chi connectivity index (χ1v) is 7.40. The molecular formula is C15H21N3O2. The SMILES string of the molecule is Cc1cccc(NC2CCN3CCCC3C2)c1[N+](=O)[O-]. The van der Waals surface area contributed by atoms with Gasteiger partial charge < -0.3 is 10.2 Å². The highest BCUT2D eigenvalue weighted by Gasteiger charge is 2.32. The first-order chi connectivity index (χ1) is 9.65. The Morgan fingerprint density at radius 3 is 3.00 bits per heavy atom. The zero-order valence-corrected chi connectivity index (χ0v) is 11.8. The molecule has 3 rings (SSSR count). The van der Waals surface area contributed by atoms with Gasteiger partial charge in [0.2, 0.25) is 0 Å². The normalized spacial score (nSPS) is 26.2. The van der Waals surface area contributed by atoms with Crippen LogP contribution in [-0.4, -0.2) is 35.0 Å². The molecule has 2 fully saturated rings. The molecule has 2 aliphatic heterocycles. The van der Waals surface area contributed by atoms with E-state index in [-0.39, 0.29) is 10.6 Å². The van der Waals surface area contributed by atoms with Crippen LogP contribution in [0.4, 0.5) is 11.4 Å². The molecule has 108 valence electrons. The fraction of sp³-hybridized carbons (Fsp3) is 0.600. The van der Waals surface area contributed by atoms with Crippen molar-refractivity contribution in [3.8, 4) is 0 Å². The smallest absolute Gasteiger partial charge is 0.295 e. The standard InChI is InChI=1S/C15H21N3O2/c1-11-4-2-6-14(15(11)18(19)20)16-12-7-9-17-8-3-5-13(17)10-12/h2,4,6,12-13,16H,3,5,7-10H2,1H3. The molecule has 2 aliphatic rings. The van der Waals surface area contributed by atoms with Gasteiger partial charge in [-0.05, 0) is 45.2 Å². The largest absolute Gasteiger partial charge is 0.377 e. The van der Waals surface area contributed by atoms with Gasteiger partial charge in [-0.2, -0.15) is 0 Å². The zero-order chi connectivity index (χ0) is 14.1. The molecule has 5 nitrogen and oxygen atoms in total. The number of hydrogen-bond donors (Lipinski definition) is 1. The minimum Gasteiger partial charge on any atom is -0.377 e. The number of aryl methyl sites for hydroxylation is 1. The van der Waals surface area contributed by atoms with E-state index in [1.807, 2.05) is 12.1 Å². The van der Waals surface area contributed by atoms with E-state index in [1.165, 1.54) is 19.4 Å². The van der Waals surface area contributed by atoms with E-state index < -0.39 is 0 Å². The van der Waals surface area contributed by atoms with Gasteiger partial charge in [0, 0.05) is 24.2 Å². The topological polar surface area (TPSA) is 58.4 Å². The summed E-state index contributed by atoms with van der Waals surface area (Å²) in [5.41, 5.74) is 1.62. The Labute approximate surface area is 119 Å². The Hall–Kier alpha value is -1.62. The van der Waals surface area contributed by atoms with Crippen molar-refractivity contribution in [2.24, 2.45) is 0 Å². The highest BCUT2D eigenvalue weighted by molar-refractivity contribution is 5.65. The Morgan fingerprint density at radius 1 is 1.35 bits per heavy atom. The molecule has 2 heterocycles. The lowest BCUT2D eigenvalue weighted by atomic mass is 9.97. The van der Waals surface area contributed by atoms with E-state index in [2.05, 4.69) is 10.2 Å². The van der Waals surface area contributed by atoms with Crippen LogP contribution in [0.5, 0.6) is 0 Å². The first-order valence-electron chi connectivity index (χ1n) is 7.40. The molecule has 1 aromatic carbocycles. The number of fused-ring (bicyclic) bond motifs is 1. The summed E-state index contributed by atoms with van der Waals surface area (Å²) < 4.78 is 0. The van der Waals surface area contributed by atoms with Crippen LogP contribution >= 0.6 is 0 Å². The third kappa shape index (κ3) is 2.50. The van der Waals surface area contributed by atoms with Gasteiger partial charge in [-0.3, -0.25) is 10.1 Å². The maximum absolute atomic E-state index is 11.2. The van der Waals surface area contributed by atoms with Gasteiger partial charge >= 0.3 is 0 Å². The molecule has 0 bridgehead atoms. The van der Waals surface area contributed by atoms with Crippen LogP contribution in [0.2, 0.25) is 0 Å². The predicted octanol–water partition coefficient (Wildman–Crippen LogP) is 2.94. The Bertz CT molecular complexity index is 518. The van der Waals surface area contributed by atoms with Crippen LogP contribution < -0.4 is 5.32 Å². The molecule has 0 radical (unpaired) electrons. The summed E-state index contributed by atoms with van der Waals surface area (Å²) in [6, 6.07) is 6.53. The van der Waals surface area contributed by atoms with Gasteiger partial charge in [0.15, 0.2) is 0 Å². The molecule has 1 N–H and O–H groups in total. The van der Waals surface area contributed by atoms with Gasteiger partial charge in [0.25, 0.3) is 5.69 Å². The number of anilines is 1. The van der Waals surface area contributed by atoms with E-state index in [9.17, 15) is 10.1 Å². The minimum atomic E-state index is -0.275. The fourth-order valence-corrected chi connectivity index (χ4v) is 3.59. The van der Waals surface area contributed by atoms with Gasteiger partial charge in [-0.15, -0.1) is 0 Å². The molecule has 0 amide bonds. The van der Waals surface area contributed by atoms with Crippen molar-refractivity contribution in [3.05, 3.63) is 33.9 Å². The van der Waals surface area contributed by atoms with Crippen molar-refractivity contribution in [2.45, 2.75) is 44.7 Å². The Balaban J connectivity index is 1.75. The van der Waals surface area contributed by atoms with Crippen molar-refractivity contribution in [3.63, 3.8) is 0 Å². The number of nitrogens with zero attached hydrogens (tertiary/aromatic N) is 2. The second-order valence-corrected chi connectivity index (χ2v) is 5.93. The van der Waals surface area contributed by atoms with E-state index in [0.29, 0.717) is 17.8 Å². The second kappa shape index (κ2) is 5.40. The highest BCUT2D eigenvalue weighted by atomic mass is 16.6. The van der Waals surface area contributed by atoms with Gasteiger partial charge in [0.1, 0.15) is 5.69 Å². The number of nitro benzene ring substituents is 1. The molecule has 2 atom stereocenters. The quantitative estimate of drug-likeness (QED) is 0.680. The summed E-state index contributed by atoms with van der Waals surface area (Å²) in [6.45, 7) is 4.13. The van der Waals surface area contributed by atoms with Crippen molar-refractivity contribution >= 4 is 11.4 Å². The van der Waals surface area contributed by atoms with Crippen molar-refractivity contribution in [1.29, 1.82) is 0 Å². The predicted molar refractivity (Wildman–Crippen MR) is 79.1 cm³/mol. The molecule has 2 saturated heterocycles. The number of nitro groups is 1. The summed E-state index contributed by atoms with van der Waals surface area (Å²) in [7, 11) is 0. The summed E-state index contributed by atoms with van der Waals surface area (Å²) in [5.74, 6) is 0. The lowest BCUT2D eigenvalue weighted by Crippen LogP contribution is -2.42. The third-order valence-electron chi connectivity index (χ3n) is 4.60. The van der Waals surface area contributed by atoms with Gasteiger partial charge in [0.05, 0.1) is 4.92 Å². The molecular weight excluding hydrogens is 254 g/mol. The van der Waals surface area contributed by atoms with Crippen molar-refractivity contribution in [2.75, 3.05) is 18.4 Å². The lowest BCUT2D eigenvalue weighted by Gasteiger charge is -2.35. The van der Waals surface area contributed by atoms with Crippen molar-refractivity contribution < 1.29 is 4.92 Å². The van der Waals surface area contributed by atoms with Crippen LogP contribution in [0.25, 0.3) is 0 Å². The number of para-hydroxylation sites is 1. The number of nitrogens with one attached hydrogen (secondary N) is 1. The number of hydrogen-bond acceptors (Lipinski definition) is 4. The molecule has 0 spiro atoms. The lowest BCUT2D eigenvalue weighted by molar-refractivity contribution is -0.384. The average Bonchev–Trinajstić information content (AvgIpc) is 2.85. The third-order valence-corrected chi connectivity index (χ3v) is 4.60. The summed E-state index contributed by atoms with van der Waals surface area (Å²) in [4.78, 5) is 13.5. The molecule has 1 aromatic rings.